The Kier molecular flexibility index (Phi) is 6.99. The summed E-state index contributed by atoms with van der Waals surface area (Å²) in [6.07, 6.45) is 1.57. The molecule has 0 fully saturated rings. The minimum absolute atomic E-state index is 0.0407. The zero-order valence-electron chi connectivity index (χ0n) is 22.5. The van der Waals surface area contributed by atoms with Crippen LogP contribution in [0.1, 0.15) is 29.7 Å². The second-order valence-corrected chi connectivity index (χ2v) is 8.60. The largest absolute Gasteiger partial charge is 0.493 e. The molecule has 5 rings (SSSR count). The van der Waals surface area contributed by atoms with Crippen LogP contribution in [0, 0.1) is 0 Å². The van der Waals surface area contributed by atoms with Crippen LogP contribution in [0.5, 0.6) is 23.0 Å². The predicted octanol–water partition coefficient (Wildman–Crippen LogP) is 1.72. The van der Waals surface area contributed by atoms with Crippen molar-refractivity contribution in [2.75, 3.05) is 40.8 Å². The molecule has 0 saturated heterocycles. The summed E-state index contributed by atoms with van der Waals surface area (Å²) in [5, 5.41) is 0.0622. The number of aromatic nitrogens is 2. The lowest BCUT2D eigenvalue weighted by Gasteiger charge is -2.22. The number of hydrogen-bond donors (Lipinski definition) is 1. The Hall–Kier alpha value is -5.13. The highest BCUT2D eigenvalue weighted by Gasteiger charge is 2.40. The van der Waals surface area contributed by atoms with Crippen molar-refractivity contribution in [2.24, 2.45) is 0 Å². The number of rotatable bonds is 8. The topological polar surface area (TPSA) is 150 Å². The number of hydrogen-bond acceptors (Lipinski definition) is 11. The molecule has 0 unspecified atom stereocenters. The van der Waals surface area contributed by atoms with Gasteiger partial charge >= 0.3 is 11.6 Å². The van der Waals surface area contributed by atoms with Gasteiger partial charge in [0.1, 0.15) is 16.6 Å². The van der Waals surface area contributed by atoms with Gasteiger partial charge in [-0.15, -0.1) is 0 Å². The van der Waals surface area contributed by atoms with E-state index in [2.05, 4.69) is 4.98 Å². The molecular weight excluding hydrogens is 522 g/mol. The van der Waals surface area contributed by atoms with Crippen LogP contribution in [0.4, 0.5) is 6.01 Å². The van der Waals surface area contributed by atoms with Gasteiger partial charge in [-0.05, 0) is 48.4 Å². The van der Waals surface area contributed by atoms with Gasteiger partial charge in [-0.25, -0.2) is 14.2 Å². The molecule has 0 bridgehead atoms. The van der Waals surface area contributed by atoms with Crippen LogP contribution in [-0.2, 0) is 9.53 Å². The molecule has 12 nitrogen and oxygen atoms in total. The number of nitrogens with two attached hydrogens (primary N) is 1. The van der Waals surface area contributed by atoms with Crippen molar-refractivity contribution in [2.45, 2.75) is 12.8 Å². The first kappa shape index (κ1) is 26.5. The van der Waals surface area contributed by atoms with Crippen LogP contribution in [0.15, 0.2) is 50.0 Å². The Labute approximate surface area is 227 Å². The molecule has 0 saturated carbocycles. The van der Waals surface area contributed by atoms with Gasteiger partial charge in [0.25, 0.3) is 6.01 Å². The van der Waals surface area contributed by atoms with Gasteiger partial charge in [0.15, 0.2) is 23.0 Å². The summed E-state index contributed by atoms with van der Waals surface area (Å²) in [4.78, 5) is 31.1. The fourth-order valence-corrected chi connectivity index (χ4v) is 4.71. The van der Waals surface area contributed by atoms with Gasteiger partial charge in [-0.1, -0.05) is 12.1 Å². The monoisotopic (exact) mass is 549 g/mol. The number of esters is 1. The molecule has 1 aliphatic heterocycles. The maximum atomic E-state index is 13.5. The molecule has 4 aromatic rings. The van der Waals surface area contributed by atoms with Gasteiger partial charge in [-0.2, -0.15) is 4.98 Å². The van der Waals surface area contributed by atoms with Crippen molar-refractivity contribution in [1.82, 2.24) is 9.55 Å². The molecule has 2 aromatic heterocycles. The number of methoxy groups -OCH3 is 4. The van der Waals surface area contributed by atoms with Crippen LogP contribution < -0.4 is 41.2 Å². The molecule has 1 aliphatic rings. The van der Waals surface area contributed by atoms with E-state index in [1.165, 1.54) is 33.0 Å². The third kappa shape index (κ3) is 4.32. The molecule has 0 aliphatic carbocycles. The van der Waals surface area contributed by atoms with E-state index in [9.17, 15) is 9.59 Å². The van der Waals surface area contributed by atoms with Crippen molar-refractivity contribution in [3.05, 3.63) is 74.5 Å². The maximum Gasteiger partial charge on any atom is 0.362 e. The number of ether oxygens (including phenoxy) is 5. The first-order valence-corrected chi connectivity index (χ1v) is 12.2. The standard InChI is InChI=1S/C28H27N3O9/c1-6-38-27(33)22-21(15-8-10-18(35-3)20(13-15)37-5)23-25(40-28(29)30-23)31-16(26(32)39-24(22)31)11-14-7-9-17(34-2)19(12-14)36-4/h7-13,21H,6H2,1-5H3,(H2,29,30)/b16-11+/t21-/m0/s1. The SMILES string of the molecule is CCOC(=O)C1=c2oc(=O)/c(=C\c3ccc(OC)c(OC)c3)n2-c2oc(N)nc2[C@H]1c1ccc(OC)c(OC)c1. The normalized spacial score (nSPS) is 14.4. The highest BCUT2D eigenvalue weighted by Crippen LogP contribution is 2.41. The number of nitrogen functional groups attached to an aromatic ring is 1. The smallest absolute Gasteiger partial charge is 0.362 e. The van der Waals surface area contributed by atoms with Crippen LogP contribution >= 0.6 is 0 Å². The third-order valence-corrected chi connectivity index (χ3v) is 6.44. The number of fused-ring (bicyclic) bond motifs is 3. The molecule has 2 N–H and O–H groups in total. The molecule has 1 atom stereocenters. The fourth-order valence-electron chi connectivity index (χ4n) is 4.71. The maximum absolute atomic E-state index is 13.5. The Balaban J connectivity index is 1.85. The second-order valence-electron chi connectivity index (χ2n) is 8.60. The lowest BCUT2D eigenvalue weighted by Crippen LogP contribution is -2.37. The highest BCUT2D eigenvalue weighted by atomic mass is 16.5. The lowest BCUT2D eigenvalue weighted by molar-refractivity contribution is -0.136. The van der Waals surface area contributed by atoms with Crippen molar-refractivity contribution < 1.29 is 37.3 Å². The van der Waals surface area contributed by atoms with Crippen LogP contribution in [0.3, 0.4) is 0 Å². The molecule has 40 heavy (non-hydrogen) atoms. The Morgan fingerprint density at radius 3 is 2.27 bits per heavy atom. The van der Waals surface area contributed by atoms with Gasteiger partial charge in [0.05, 0.1) is 41.0 Å². The minimum Gasteiger partial charge on any atom is -0.493 e. The summed E-state index contributed by atoms with van der Waals surface area (Å²) in [6.45, 7) is 1.77. The van der Waals surface area contributed by atoms with Crippen molar-refractivity contribution in [3.8, 4) is 28.9 Å². The number of anilines is 1. The average Bonchev–Trinajstić information content (AvgIpc) is 3.50. The summed E-state index contributed by atoms with van der Waals surface area (Å²) in [5.41, 5.74) is 6.72. The quantitative estimate of drug-likeness (QED) is 0.320. The van der Waals surface area contributed by atoms with Gasteiger partial charge in [0, 0.05) is 0 Å². The van der Waals surface area contributed by atoms with Crippen LogP contribution in [0.2, 0.25) is 0 Å². The molecular formula is C28H27N3O9. The molecule has 2 aromatic carbocycles. The molecule has 3 heterocycles. The van der Waals surface area contributed by atoms with Gasteiger partial charge < -0.3 is 38.3 Å². The first-order valence-electron chi connectivity index (χ1n) is 12.2. The molecule has 12 heteroatoms. The lowest BCUT2D eigenvalue weighted by atomic mass is 9.86. The Morgan fingerprint density at radius 2 is 1.62 bits per heavy atom. The Morgan fingerprint density at radius 1 is 0.975 bits per heavy atom. The third-order valence-electron chi connectivity index (χ3n) is 6.44. The van der Waals surface area contributed by atoms with Gasteiger partial charge in [-0.3, -0.25) is 0 Å². The average molecular weight is 550 g/mol. The van der Waals surface area contributed by atoms with E-state index in [4.69, 9.17) is 38.3 Å². The fraction of sp³-hybridized carbons (Fsp3) is 0.250. The van der Waals surface area contributed by atoms with E-state index in [0.717, 1.165) is 0 Å². The summed E-state index contributed by atoms with van der Waals surface area (Å²) in [6, 6.07) is 10.1. The second kappa shape index (κ2) is 10.6. The van der Waals surface area contributed by atoms with Gasteiger partial charge in [0.2, 0.25) is 11.4 Å². The molecule has 0 spiro atoms. The molecule has 0 radical (unpaired) electrons. The van der Waals surface area contributed by atoms with Crippen LogP contribution in [0.25, 0.3) is 17.5 Å². The van der Waals surface area contributed by atoms with E-state index in [1.54, 1.807) is 49.4 Å². The number of carbonyl (C=O) groups is 1. The summed E-state index contributed by atoms with van der Waals surface area (Å²) >= 11 is 0. The summed E-state index contributed by atoms with van der Waals surface area (Å²) in [7, 11) is 6.05. The number of benzene rings is 2. The van der Waals surface area contributed by atoms with Crippen molar-refractivity contribution >= 4 is 23.6 Å². The van der Waals surface area contributed by atoms with E-state index < -0.39 is 17.5 Å². The van der Waals surface area contributed by atoms with E-state index in [1.807, 2.05) is 0 Å². The predicted molar refractivity (Wildman–Crippen MR) is 143 cm³/mol. The van der Waals surface area contributed by atoms with E-state index >= 15 is 0 Å². The van der Waals surface area contributed by atoms with Crippen molar-refractivity contribution in [3.63, 3.8) is 0 Å². The van der Waals surface area contributed by atoms with Crippen molar-refractivity contribution in [1.29, 1.82) is 0 Å². The summed E-state index contributed by atoms with van der Waals surface area (Å²) < 4.78 is 39.8. The number of carbonyl (C=O) groups excluding carboxylic acids is 1. The first-order chi connectivity index (χ1) is 19.3. The Bertz CT molecular complexity index is 1780. The van der Waals surface area contributed by atoms with E-state index in [0.29, 0.717) is 34.1 Å². The number of nitrogens with zero attached hydrogens (tertiary/aromatic N) is 2. The number of oxazole rings is 2. The zero-order chi connectivity index (χ0) is 28.6. The molecule has 0 amide bonds. The van der Waals surface area contributed by atoms with E-state index in [-0.39, 0.29) is 40.7 Å². The highest BCUT2D eigenvalue weighted by molar-refractivity contribution is 6.12. The van der Waals surface area contributed by atoms with Crippen LogP contribution in [-0.4, -0.2) is 50.6 Å². The molecule has 208 valence electrons. The summed E-state index contributed by atoms with van der Waals surface area (Å²) in [5.74, 6) is 0.447. The zero-order valence-corrected chi connectivity index (χ0v) is 22.5. The minimum atomic E-state index is -0.866.